The first-order valence-corrected chi connectivity index (χ1v) is 7.81. The fourth-order valence-electron chi connectivity index (χ4n) is 3.11. The lowest BCUT2D eigenvalue weighted by Crippen LogP contribution is -2.36. The van der Waals surface area contributed by atoms with Crippen molar-refractivity contribution in [3.8, 4) is 0 Å². The van der Waals surface area contributed by atoms with E-state index in [1.54, 1.807) is 0 Å². The van der Waals surface area contributed by atoms with Crippen molar-refractivity contribution < 1.29 is 4.74 Å². The van der Waals surface area contributed by atoms with Crippen molar-refractivity contribution in [3.63, 3.8) is 0 Å². The summed E-state index contributed by atoms with van der Waals surface area (Å²) >= 11 is 0. The maximum atomic E-state index is 6.00. The third-order valence-corrected chi connectivity index (χ3v) is 4.00. The second kappa shape index (κ2) is 7.49. The molecular formula is C16H33NO. The van der Waals surface area contributed by atoms with Crippen LogP contribution >= 0.6 is 0 Å². The molecule has 0 aliphatic carbocycles. The number of nitrogens with one attached hydrogen (secondary N) is 1. The van der Waals surface area contributed by atoms with Gasteiger partial charge in [-0.15, -0.1) is 0 Å². The van der Waals surface area contributed by atoms with Crippen molar-refractivity contribution in [1.29, 1.82) is 0 Å². The molecule has 18 heavy (non-hydrogen) atoms. The highest BCUT2D eigenvalue weighted by Crippen LogP contribution is 2.34. The summed E-state index contributed by atoms with van der Waals surface area (Å²) in [6, 6.07) is 0. The fraction of sp³-hybridized carbons (Fsp3) is 1.00. The summed E-state index contributed by atoms with van der Waals surface area (Å²) in [4.78, 5) is 0. The van der Waals surface area contributed by atoms with Gasteiger partial charge in [-0.05, 0) is 50.5 Å². The molecule has 3 unspecified atom stereocenters. The van der Waals surface area contributed by atoms with Crippen LogP contribution in [0.2, 0.25) is 0 Å². The minimum Gasteiger partial charge on any atom is -0.375 e. The lowest BCUT2D eigenvalue weighted by Gasteiger charge is -2.32. The Morgan fingerprint density at radius 1 is 1.33 bits per heavy atom. The van der Waals surface area contributed by atoms with Crippen molar-refractivity contribution in [2.75, 3.05) is 13.1 Å². The van der Waals surface area contributed by atoms with E-state index in [-0.39, 0.29) is 0 Å². The molecule has 2 heteroatoms. The summed E-state index contributed by atoms with van der Waals surface area (Å²) in [5, 5.41) is 3.64. The van der Waals surface area contributed by atoms with Crippen molar-refractivity contribution in [3.05, 3.63) is 0 Å². The Kier molecular flexibility index (Phi) is 6.65. The van der Waals surface area contributed by atoms with E-state index >= 15 is 0 Å². The largest absolute Gasteiger partial charge is 0.375 e. The molecule has 1 aliphatic heterocycles. The van der Waals surface area contributed by atoms with Gasteiger partial charge in [-0.2, -0.15) is 0 Å². The predicted molar refractivity (Wildman–Crippen MR) is 78.9 cm³/mol. The Morgan fingerprint density at radius 3 is 2.56 bits per heavy atom. The van der Waals surface area contributed by atoms with E-state index < -0.39 is 0 Å². The van der Waals surface area contributed by atoms with Crippen LogP contribution in [0, 0.1) is 11.3 Å². The summed E-state index contributed by atoms with van der Waals surface area (Å²) in [6.07, 6.45) is 7.25. The van der Waals surface area contributed by atoms with Crippen LogP contribution in [0.5, 0.6) is 0 Å². The molecule has 1 N–H and O–H groups in total. The van der Waals surface area contributed by atoms with Crippen LogP contribution in [0.4, 0.5) is 0 Å². The highest BCUT2D eigenvalue weighted by Gasteiger charge is 2.31. The average Bonchev–Trinajstić information content (AvgIpc) is 2.63. The molecule has 1 fully saturated rings. The minimum absolute atomic E-state index is 0.401. The van der Waals surface area contributed by atoms with E-state index in [9.17, 15) is 0 Å². The van der Waals surface area contributed by atoms with Crippen LogP contribution in [-0.4, -0.2) is 25.3 Å². The highest BCUT2D eigenvalue weighted by molar-refractivity contribution is 4.83. The zero-order valence-corrected chi connectivity index (χ0v) is 13.1. The first kappa shape index (κ1) is 16.0. The molecule has 0 aromatic rings. The molecular weight excluding hydrogens is 222 g/mol. The topological polar surface area (TPSA) is 21.3 Å². The van der Waals surface area contributed by atoms with Crippen LogP contribution in [-0.2, 0) is 4.74 Å². The number of ether oxygens (including phenoxy) is 1. The molecule has 0 spiro atoms. The van der Waals surface area contributed by atoms with Gasteiger partial charge in [0.05, 0.1) is 12.2 Å². The second-order valence-electron chi connectivity index (χ2n) is 6.94. The molecule has 3 atom stereocenters. The molecule has 0 saturated carbocycles. The van der Waals surface area contributed by atoms with Crippen LogP contribution in [0.3, 0.4) is 0 Å². The molecule has 1 heterocycles. The smallest absolute Gasteiger partial charge is 0.0585 e. The van der Waals surface area contributed by atoms with Crippen molar-refractivity contribution in [2.24, 2.45) is 11.3 Å². The summed E-state index contributed by atoms with van der Waals surface area (Å²) in [6.45, 7) is 13.7. The Hall–Kier alpha value is -0.0800. The molecule has 108 valence electrons. The molecule has 1 rings (SSSR count). The summed E-state index contributed by atoms with van der Waals surface area (Å²) in [5.74, 6) is 0.735. The second-order valence-corrected chi connectivity index (χ2v) is 6.94. The van der Waals surface area contributed by atoms with Gasteiger partial charge in [0.15, 0.2) is 0 Å². The van der Waals surface area contributed by atoms with Gasteiger partial charge in [0, 0.05) is 6.54 Å². The van der Waals surface area contributed by atoms with E-state index in [0.29, 0.717) is 17.6 Å². The van der Waals surface area contributed by atoms with E-state index in [2.05, 4.69) is 39.9 Å². The maximum Gasteiger partial charge on any atom is 0.0585 e. The SMILES string of the molecule is CCCC(C)(CNCC(C)C)CC1CCC(C)O1. The van der Waals surface area contributed by atoms with Gasteiger partial charge in [-0.3, -0.25) is 0 Å². The van der Waals surface area contributed by atoms with E-state index in [1.807, 2.05) is 0 Å². The van der Waals surface area contributed by atoms with Gasteiger partial charge in [0.2, 0.25) is 0 Å². The van der Waals surface area contributed by atoms with Crippen LogP contribution in [0.1, 0.15) is 66.7 Å². The monoisotopic (exact) mass is 255 g/mol. The quantitative estimate of drug-likeness (QED) is 0.708. The Morgan fingerprint density at radius 2 is 2.06 bits per heavy atom. The van der Waals surface area contributed by atoms with Crippen LogP contribution < -0.4 is 5.32 Å². The van der Waals surface area contributed by atoms with Crippen LogP contribution in [0.15, 0.2) is 0 Å². The predicted octanol–water partition coefficient (Wildman–Crippen LogP) is 4.00. The van der Waals surface area contributed by atoms with Crippen molar-refractivity contribution >= 4 is 0 Å². The molecule has 2 nitrogen and oxygen atoms in total. The lowest BCUT2D eigenvalue weighted by atomic mass is 9.79. The Labute approximate surface area is 114 Å². The fourth-order valence-corrected chi connectivity index (χ4v) is 3.11. The van der Waals surface area contributed by atoms with Gasteiger partial charge >= 0.3 is 0 Å². The molecule has 0 aromatic heterocycles. The lowest BCUT2D eigenvalue weighted by molar-refractivity contribution is 0.0228. The standard InChI is InChI=1S/C16H33NO/c1-6-9-16(5,12-17-11-13(2)3)10-15-8-7-14(4)18-15/h13-15,17H,6-12H2,1-5H3. The number of rotatable bonds is 8. The molecule has 1 saturated heterocycles. The Balaban J connectivity index is 2.40. The van der Waals surface area contributed by atoms with Crippen molar-refractivity contribution in [2.45, 2.75) is 78.9 Å². The highest BCUT2D eigenvalue weighted by atomic mass is 16.5. The third kappa shape index (κ3) is 5.71. The molecule has 0 radical (unpaired) electrons. The van der Waals surface area contributed by atoms with Gasteiger partial charge in [-0.25, -0.2) is 0 Å². The molecule has 0 aromatic carbocycles. The molecule has 0 amide bonds. The third-order valence-electron chi connectivity index (χ3n) is 4.00. The number of hydrogen-bond donors (Lipinski definition) is 1. The first-order chi connectivity index (χ1) is 8.45. The van der Waals surface area contributed by atoms with Gasteiger partial charge < -0.3 is 10.1 Å². The van der Waals surface area contributed by atoms with Crippen LogP contribution in [0.25, 0.3) is 0 Å². The zero-order valence-electron chi connectivity index (χ0n) is 13.1. The minimum atomic E-state index is 0.401. The van der Waals surface area contributed by atoms with Gasteiger partial charge in [0.25, 0.3) is 0 Å². The maximum absolute atomic E-state index is 6.00. The van der Waals surface area contributed by atoms with E-state index in [1.165, 1.54) is 32.1 Å². The van der Waals surface area contributed by atoms with Crippen molar-refractivity contribution in [1.82, 2.24) is 5.32 Å². The Bertz CT molecular complexity index is 229. The summed E-state index contributed by atoms with van der Waals surface area (Å²) in [7, 11) is 0. The van der Waals surface area contributed by atoms with E-state index in [4.69, 9.17) is 4.74 Å². The average molecular weight is 255 g/mol. The summed E-state index contributed by atoms with van der Waals surface area (Å²) < 4.78 is 6.00. The summed E-state index contributed by atoms with van der Waals surface area (Å²) in [5.41, 5.74) is 0.401. The van der Waals surface area contributed by atoms with Gasteiger partial charge in [-0.1, -0.05) is 34.1 Å². The van der Waals surface area contributed by atoms with Gasteiger partial charge in [0.1, 0.15) is 0 Å². The first-order valence-electron chi connectivity index (χ1n) is 7.81. The normalized spacial score (nSPS) is 27.7. The number of hydrogen-bond acceptors (Lipinski definition) is 2. The molecule has 0 bridgehead atoms. The zero-order chi connectivity index (χ0) is 13.6. The van der Waals surface area contributed by atoms with E-state index in [0.717, 1.165) is 19.0 Å². The molecule has 1 aliphatic rings.